The summed E-state index contributed by atoms with van der Waals surface area (Å²) in [6.07, 6.45) is 0. The van der Waals surface area contributed by atoms with Crippen LogP contribution in [0.15, 0.2) is 18.4 Å². The minimum Gasteiger partial charge on any atom is -0.504 e. The third-order valence-corrected chi connectivity index (χ3v) is 7.31. The lowest BCUT2D eigenvalue weighted by molar-refractivity contribution is 0.306. The van der Waals surface area contributed by atoms with E-state index in [0.29, 0.717) is 5.06 Å². The minimum absolute atomic E-state index is 0.199. The molecule has 1 unspecified atom stereocenters. The zero-order valence-electron chi connectivity index (χ0n) is 13.0. The molecule has 1 aliphatic heterocycles. The first kappa shape index (κ1) is 18.8. The van der Waals surface area contributed by atoms with Crippen molar-refractivity contribution < 1.29 is 27.7 Å². The van der Waals surface area contributed by atoms with Gasteiger partial charge in [0.25, 0.3) is 27.1 Å². The number of thiophene rings is 1. The highest BCUT2D eigenvalue weighted by atomic mass is 32.2. The zero-order chi connectivity index (χ0) is 18.1. The molecular weight excluding hydrogens is 380 g/mol. The summed E-state index contributed by atoms with van der Waals surface area (Å²) in [6, 6.07) is 0. The maximum atomic E-state index is 12.5. The average Bonchev–Trinajstić information content (AvgIpc) is 3.10. The average molecular weight is 396 g/mol. The predicted molar refractivity (Wildman–Crippen MR) is 90.4 cm³/mol. The monoisotopic (exact) mass is 396 g/mol. The Morgan fingerprint density at radius 1 is 1.33 bits per heavy atom. The second kappa shape index (κ2) is 7.14. The van der Waals surface area contributed by atoms with Crippen LogP contribution in [0.25, 0.3) is 0 Å². The summed E-state index contributed by atoms with van der Waals surface area (Å²) in [4.78, 5) is 0. The number of sulfonamides is 1. The number of methoxy groups -OCH3 is 1. The van der Waals surface area contributed by atoms with Gasteiger partial charge in [0, 0.05) is 18.5 Å². The number of hydroxylamine groups is 1. The lowest BCUT2D eigenvalue weighted by Gasteiger charge is -2.18. The second-order valence-electron chi connectivity index (χ2n) is 4.40. The zero-order valence-corrected chi connectivity index (χ0v) is 15.5. The molecule has 0 amide bonds. The van der Waals surface area contributed by atoms with Gasteiger partial charge in [-0.3, -0.25) is 5.21 Å². The summed E-state index contributed by atoms with van der Waals surface area (Å²) in [5.74, 6) is -1.13. The van der Waals surface area contributed by atoms with Crippen LogP contribution in [0.4, 0.5) is 5.69 Å². The second-order valence-corrected chi connectivity index (χ2v) is 8.24. The highest BCUT2D eigenvalue weighted by Crippen LogP contribution is 2.41. The summed E-state index contributed by atoms with van der Waals surface area (Å²) in [7, 11) is -2.65. The fraction of sp³-hybridized carbons (Fsp3) is 0.455. The Kier molecular flexibility index (Phi) is 5.59. The highest BCUT2D eigenvalue weighted by Gasteiger charge is 2.33. The van der Waals surface area contributed by atoms with Crippen molar-refractivity contribution in [3.8, 4) is 5.75 Å². The number of ether oxygens (including phenoxy) is 1. The summed E-state index contributed by atoms with van der Waals surface area (Å²) < 4.78 is 49.1. The first-order valence-corrected chi connectivity index (χ1v) is 10.1. The standard InChI is InChI=1S/C11H16N4O6S3/c1-4-14(5-2)24(19,20)11-8(16)7(6-22-11)15(17)9-10(21-3)13-23(18)12-9/h6,16-17H,4-5H2,1-3H3. The van der Waals surface area contributed by atoms with Gasteiger partial charge in [-0.25, -0.2) is 12.6 Å². The Hall–Kier alpha value is -1.54. The Balaban J connectivity index is 2.43. The van der Waals surface area contributed by atoms with Gasteiger partial charge in [0.1, 0.15) is 5.69 Å². The maximum absolute atomic E-state index is 12.5. The van der Waals surface area contributed by atoms with Gasteiger partial charge in [-0.15, -0.1) is 20.1 Å². The molecule has 1 aliphatic rings. The smallest absolute Gasteiger partial charge is 0.271 e. The molecule has 0 saturated heterocycles. The topological polar surface area (TPSA) is 132 Å². The lowest BCUT2D eigenvalue weighted by atomic mass is 10.4. The number of amidine groups is 1. The fourth-order valence-corrected chi connectivity index (χ4v) is 5.46. The van der Waals surface area contributed by atoms with Crippen LogP contribution in [0.1, 0.15) is 13.8 Å². The Labute approximate surface area is 145 Å². The molecule has 0 fully saturated rings. The largest absolute Gasteiger partial charge is 0.504 e. The van der Waals surface area contributed by atoms with E-state index >= 15 is 0 Å². The number of anilines is 1. The van der Waals surface area contributed by atoms with Crippen molar-refractivity contribution in [3.63, 3.8) is 0 Å². The van der Waals surface area contributed by atoms with Crippen molar-refractivity contribution in [3.05, 3.63) is 5.38 Å². The number of nitrogens with zero attached hydrogens (tertiary/aromatic N) is 4. The van der Waals surface area contributed by atoms with Crippen molar-refractivity contribution in [2.45, 2.75) is 18.1 Å². The van der Waals surface area contributed by atoms with Crippen molar-refractivity contribution in [2.24, 2.45) is 8.80 Å². The fourth-order valence-electron chi connectivity index (χ4n) is 1.96. The predicted octanol–water partition coefficient (Wildman–Crippen LogP) is 0.716. The van der Waals surface area contributed by atoms with Gasteiger partial charge in [-0.05, 0) is 0 Å². The molecule has 134 valence electrons. The van der Waals surface area contributed by atoms with Crippen LogP contribution < -0.4 is 5.06 Å². The summed E-state index contributed by atoms with van der Waals surface area (Å²) in [5, 5.41) is 22.1. The summed E-state index contributed by atoms with van der Waals surface area (Å²) in [6.45, 7) is 3.82. The molecule has 13 heteroatoms. The molecule has 2 heterocycles. The van der Waals surface area contributed by atoms with Gasteiger partial charge in [-0.1, -0.05) is 13.8 Å². The Bertz CT molecular complexity index is 812. The van der Waals surface area contributed by atoms with E-state index in [1.807, 2.05) is 0 Å². The third kappa shape index (κ3) is 3.17. The van der Waals surface area contributed by atoms with E-state index in [2.05, 4.69) is 8.80 Å². The van der Waals surface area contributed by atoms with Crippen LogP contribution in [-0.4, -0.2) is 59.2 Å². The Morgan fingerprint density at radius 2 is 1.96 bits per heavy atom. The highest BCUT2D eigenvalue weighted by molar-refractivity contribution is 7.91. The molecule has 0 spiro atoms. The van der Waals surface area contributed by atoms with Gasteiger partial charge in [0.2, 0.25) is 5.84 Å². The van der Waals surface area contributed by atoms with E-state index in [0.717, 1.165) is 11.3 Å². The maximum Gasteiger partial charge on any atom is 0.271 e. The molecule has 0 radical (unpaired) electrons. The molecular formula is C11H16N4O6S3. The van der Waals surface area contributed by atoms with Crippen LogP contribution in [-0.2, 0) is 25.9 Å². The number of rotatable bonds is 5. The first-order valence-electron chi connectivity index (χ1n) is 6.71. The normalized spacial score (nSPS) is 17.8. The van der Waals surface area contributed by atoms with Crippen molar-refractivity contribution >= 4 is 50.0 Å². The van der Waals surface area contributed by atoms with Crippen LogP contribution in [0.5, 0.6) is 5.75 Å². The Morgan fingerprint density at radius 3 is 2.50 bits per heavy atom. The van der Waals surface area contributed by atoms with Gasteiger partial charge in [-0.2, -0.15) is 9.37 Å². The number of hydrogen-bond donors (Lipinski definition) is 2. The number of aromatic hydroxyl groups is 1. The molecule has 0 bridgehead atoms. The molecule has 0 aliphatic carbocycles. The molecule has 10 nitrogen and oxygen atoms in total. The molecule has 1 aromatic heterocycles. The quantitative estimate of drug-likeness (QED) is 0.701. The van der Waals surface area contributed by atoms with Crippen LogP contribution >= 0.6 is 11.3 Å². The molecule has 0 saturated carbocycles. The van der Waals surface area contributed by atoms with E-state index in [9.17, 15) is 22.9 Å². The van der Waals surface area contributed by atoms with E-state index in [-0.39, 0.29) is 34.7 Å². The molecule has 1 atom stereocenters. The minimum atomic E-state index is -3.90. The van der Waals surface area contributed by atoms with Gasteiger partial charge in [0.15, 0.2) is 9.96 Å². The summed E-state index contributed by atoms with van der Waals surface area (Å²) in [5.41, 5.74) is -0.229. The lowest BCUT2D eigenvalue weighted by Crippen LogP contribution is -2.33. The molecule has 2 rings (SSSR count). The van der Waals surface area contributed by atoms with E-state index in [1.54, 1.807) is 13.8 Å². The summed E-state index contributed by atoms with van der Waals surface area (Å²) >= 11 is -1.21. The molecule has 24 heavy (non-hydrogen) atoms. The van der Waals surface area contributed by atoms with E-state index < -0.39 is 26.9 Å². The van der Waals surface area contributed by atoms with Gasteiger partial charge < -0.3 is 9.84 Å². The molecule has 2 N–H and O–H groups in total. The van der Waals surface area contributed by atoms with E-state index in [1.165, 1.54) is 16.8 Å². The van der Waals surface area contributed by atoms with E-state index in [4.69, 9.17) is 4.74 Å². The van der Waals surface area contributed by atoms with Crippen molar-refractivity contribution in [2.75, 3.05) is 25.3 Å². The van der Waals surface area contributed by atoms with Gasteiger partial charge >= 0.3 is 0 Å². The van der Waals surface area contributed by atoms with Crippen LogP contribution in [0, 0.1) is 0 Å². The van der Waals surface area contributed by atoms with Crippen molar-refractivity contribution in [1.29, 1.82) is 0 Å². The van der Waals surface area contributed by atoms with Crippen LogP contribution in [0.2, 0.25) is 0 Å². The molecule has 1 aromatic rings. The van der Waals surface area contributed by atoms with Gasteiger partial charge in [0.05, 0.1) is 7.11 Å². The molecule has 0 aromatic carbocycles. The first-order chi connectivity index (χ1) is 11.3. The SMILES string of the molecule is CCN(CC)S(=O)(=O)c1scc(N(O)C2=NS(=O)N=C2OC)c1O. The van der Waals surface area contributed by atoms with Crippen LogP contribution in [0.3, 0.4) is 0 Å². The number of hydrogen-bond acceptors (Lipinski definition) is 8. The van der Waals surface area contributed by atoms with Crippen molar-refractivity contribution in [1.82, 2.24) is 4.31 Å². The third-order valence-electron chi connectivity index (χ3n) is 3.13.